The van der Waals surface area contributed by atoms with E-state index in [1.54, 1.807) is 17.4 Å². The number of hydrogen-bond acceptors (Lipinski definition) is 5. The van der Waals surface area contributed by atoms with Gasteiger partial charge < -0.3 is 15.4 Å². The summed E-state index contributed by atoms with van der Waals surface area (Å²) >= 11 is 1.55. The fraction of sp³-hybridized carbons (Fsp3) is 0.286. The molecule has 104 valence electrons. The minimum absolute atomic E-state index is 0.140. The lowest BCUT2D eigenvalue weighted by Gasteiger charge is -2.21. The maximum Gasteiger partial charge on any atom is 0.255 e. The van der Waals surface area contributed by atoms with Gasteiger partial charge in [-0.05, 0) is 19.1 Å². The molecule has 0 aliphatic carbocycles. The molecule has 2 N–H and O–H groups in total. The monoisotopic (exact) mass is 289 g/mol. The van der Waals surface area contributed by atoms with E-state index in [4.69, 9.17) is 4.74 Å². The van der Waals surface area contributed by atoms with Crippen molar-refractivity contribution in [2.75, 3.05) is 18.5 Å². The number of aryl methyl sites for hydroxylation is 1. The third kappa shape index (κ3) is 2.60. The van der Waals surface area contributed by atoms with Gasteiger partial charge in [0.15, 0.2) is 5.75 Å². The van der Waals surface area contributed by atoms with E-state index in [-0.39, 0.29) is 5.91 Å². The van der Waals surface area contributed by atoms with Crippen molar-refractivity contribution >= 4 is 22.9 Å². The zero-order chi connectivity index (χ0) is 13.9. The summed E-state index contributed by atoms with van der Waals surface area (Å²) in [6, 6.07) is 5.53. The van der Waals surface area contributed by atoms with E-state index in [9.17, 15) is 4.79 Å². The summed E-state index contributed by atoms with van der Waals surface area (Å²) < 4.78 is 5.60. The number of nitrogens with zero attached hydrogens (tertiary/aromatic N) is 1. The van der Waals surface area contributed by atoms with Crippen molar-refractivity contribution in [2.45, 2.75) is 13.5 Å². The molecule has 0 saturated carbocycles. The van der Waals surface area contributed by atoms with Crippen LogP contribution in [0.2, 0.25) is 0 Å². The molecule has 5 nitrogen and oxygen atoms in total. The van der Waals surface area contributed by atoms with Crippen LogP contribution in [-0.2, 0) is 6.54 Å². The SMILES string of the molecule is Cc1csc(CNC(=O)c2cccc3c2OCCN3)n1. The molecule has 1 aliphatic heterocycles. The summed E-state index contributed by atoms with van der Waals surface area (Å²) in [4.78, 5) is 16.6. The van der Waals surface area contributed by atoms with Crippen LogP contribution < -0.4 is 15.4 Å². The molecule has 1 aromatic heterocycles. The molecule has 20 heavy (non-hydrogen) atoms. The number of aromatic nitrogens is 1. The molecule has 0 bridgehead atoms. The predicted octanol–water partition coefficient (Wildman–Crippen LogP) is 2.19. The highest BCUT2D eigenvalue weighted by atomic mass is 32.1. The highest BCUT2D eigenvalue weighted by Gasteiger charge is 2.18. The van der Waals surface area contributed by atoms with Crippen LogP contribution in [0.1, 0.15) is 21.1 Å². The molecule has 0 unspecified atom stereocenters. The number of amides is 1. The Morgan fingerprint density at radius 3 is 3.25 bits per heavy atom. The smallest absolute Gasteiger partial charge is 0.255 e. The van der Waals surface area contributed by atoms with Gasteiger partial charge in [0.1, 0.15) is 11.6 Å². The number of nitrogens with one attached hydrogen (secondary N) is 2. The summed E-state index contributed by atoms with van der Waals surface area (Å²) in [7, 11) is 0. The lowest BCUT2D eigenvalue weighted by atomic mass is 10.1. The van der Waals surface area contributed by atoms with Gasteiger partial charge in [-0.2, -0.15) is 0 Å². The van der Waals surface area contributed by atoms with Crippen LogP contribution in [0.25, 0.3) is 0 Å². The first-order valence-electron chi connectivity index (χ1n) is 6.43. The summed E-state index contributed by atoms with van der Waals surface area (Å²) in [6.07, 6.45) is 0. The Balaban J connectivity index is 1.74. The zero-order valence-corrected chi connectivity index (χ0v) is 11.9. The van der Waals surface area contributed by atoms with Gasteiger partial charge in [0, 0.05) is 17.6 Å². The Morgan fingerprint density at radius 1 is 1.55 bits per heavy atom. The number of para-hydroxylation sites is 1. The fourth-order valence-corrected chi connectivity index (χ4v) is 2.80. The first-order chi connectivity index (χ1) is 9.74. The van der Waals surface area contributed by atoms with E-state index >= 15 is 0 Å². The second-order valence-electron chi connectivity index (χ2n) is 4.52. The normalized spacial score (nSPS) is 13.1. The van der Waals surface area contributed by atoms with E-state index in [2.05, 4.69) is 15.6 Å². The van der Waals surface area contributed by atoms with E-state index < -0.39 is 0 Å². The van der Waals surface area contributed by atoms with Crippen LogP contribution in [-0.4, -0.2) is 24.0 Å². The quantitative estimate of drug-likeness (QED) is 0.909. The molecule has 6 heteroatoms. The number of anilines is 1. The molecule has 1 amide bonds. The summed E-state index contributed by atoms with van der Waals surface area (Å²) in [6.45, 7) is 3.71. The molecule has 0 saturated heterocycles. The summed E-state index contributed by atoms with van der Waals surface area (Å²) in [5.74, 6) is 0.491. The van der Waals surface area contributed by atoms with Crippen molar-refractivity contribution in [3.63, 3.8) is 0 Å². The topological polar surface area (TPSA) is 63.2 Å². The average molecular weight is 289 g/mol. The number of carbonyl (C=O) groups excluding carboxylic acids is 1. The second kappa shape index (κ2) is 5.50. The molecule has 2 heterocycles. The average Bonchev–Trinajstić information content (AvgIpc) is 2.90. The molecule has 0 radical (unpaired) electrons. The van der Waals surface area contributed by atoms with Crippen LogP contribution in [0.4, 0.5) is 5.69 Å². The van der Waals surface area contributed by atoms with Crippen LogP contribution in [0, 0.1) is 6.92 Å². The van der Waals surface area contributed by atoms with Crippen molar-refractivity contribution in [2.24, 2.45) is 0 Å². The minimum Gasteiger partial charge on any atom is -0.489 e. The zero-order valence-electron chi connectivity index (χ0n) is 11.1. The maximum absolute atomic E-state index is 12.3. The minimum atomic E-state index is -0.140. The van der Waals surface area contributed by atoms with Crippen molar-refractivity contribution in [1.82, 2.24) is 10.3 Å². The Kier molecular flexibility index (Phi) is 3.56. The lowest BCUT2D eigenvalue weighted by Crippen LogP contribution is -2.26. The largest absolute Gasteiger partial charge is 0.489 e. The number of carbonyl (C=O) groups is 1. The third-order valence-electron chi connectivity index (χ3n) is 2.99. The number of thiazole rings is 1. The molecule has 2 aromatic rings. The van der Waals surface area contributed by atoms with Crippen molar-refractivity contribution < 1.29 is 9.53 Å². The van der Waals surface area contributed by atoms with Gasteiger partial charge in [-0.1, -0.05) is 6.07 Å². The van der Waals surface area contributed by atoms with Crippen LogP contribution in [0.5, 0.6) is 5.75 Å². The van der Waals surface area contributed by atoms with Crippen molar-refractivity contribution in [3.8, 4) is 5.75 Å². The fourth-order valence-electron chi connectivity index (χ4n) is 2.08. The molecule has 0 atom stereocenters. The first kappa shape index (κ1) is 12.9. The van der Waals surface area contributed by atoms with Gasteiger partial charge in [-0.25, -0.2) is 4.98 Å². The number of ether oxygens (including phenoxy) is 1. The second-order valence-corrected chi connectivity index (χ2v) is 5.47. The summed E-state index contributed by atoms with van der Waals surface area (Å²) in [5, 5.41) is 8.97. The van der Waals surface area contributed by atoms with E-state index in [0.717, 1.165) is 22.9 Å². The van der Waals surface area contributed by atoms with E-state index in [0.29, 0.717) is 24.5 Å². The van der Waals surface area contributed by atoms with Crippen LogP contribution >= 0.6 is 11.3 Å². The molecule has 0 spiro atoms. The van der Waals surface area contributed by atoms with Gasteiger partial charge in [0.25, 0.3) is 5.91 Å². The number of benzene rings is 1. The Morgan fingerprint density at radius 2 is 2.45 bits per heavy atom. The van der Waals surface area contributed by atoms with E-state index in [1.165, 1.54) is 0 Å². The van der Waals surface area contributed by atoms with E-state index in [1.807, 2.05) is 24.4 Å². The van der Waals surface area contributed by atoms with Gasteiger partial charge in [0.2, 0.25) is 0 Å². The maximum atomic E-state index is 12.3. The molecule has 3 rings (SSSR count). The van der Waals surface area contributed by atoms with Crippen LogP contribution in [0.3, 0.4) is 0 Å². The standard InChI is InChI=1S/C14H15N3O2S/c1-9-8-20-12(17-9)7-16-14(18)10-3-2-4-11-13(10)19-6-5-15-11/h2-4,8,15H,5-7H2,1H3,(H,16,18). The van der Waals surface area contributed by atoms with Crippen LogP contribution in [0.15, 0.2) is 23.6 Å². The van der Waals surface area contributed by atoms with Gasteiger partial charge in [-0.3, -0.25) is 4.79 Å². The number of hydrogen-bond donors (Lipinski definition) is 2. The lowest BCUT2D eigenvalue weighted by molar-refractivity contribution is 0.0946. The van der Waals surface area contributed by atoms with Crippen molar-refractivity contribution in [1.29, 1.82) is 0 Å². The first-order valence-corrected chi connectivity index (χ1v) is 7.31. The highest BCUT2D eigenvalue weighted by Crippen LogP contribution is 2.31. The van der Waals surface area contributed by atoms with Gasteiger partial charge in [-0.15, -0.1) is 11.3 Å². The number of rotatable bonds is 3. The molecular weight excluding hydrogens is 274 g/mol. The third-order valence-corrected chi connectivity index (χ3v) is 3.96. The predicted molar refractivity (Wildman–Crippen MR) is 78.4 cm³/mol. The van der Waals surface area contributed by atoms with Crippen molar-refractivity contribution in [3.05, 3.63) is 39.8 Å². The van der Waals surface area contributed by atoms with Gasteiger partial charge >= 0.3 is 0 Å². The Labute approximate surface area is 121 Å². The molecule has 1 aliphatic rings. The Hall–Kier alpha value is -2.08. The molecular formula is C14H15N3O2S. The number of fused-ring (bicyclic) bond motifs is 1. The Bertz CT molecular complexity index is 639. The van der Waals surface area contributed by atoms with Gasteiger partial charge in [0.05, 0.1) is 17.8 Å². The molecule has 0 fully saturated rings. The summed E-state index contributed by atoms with van der Waals surface area (Å²) in [5.41, 5.74) is 2.40. The highest BCUT2D eigenvalue weighted by molar-refractivity contribution is 7.09. The molecule has 1 aromatic carbocycles.